The van der Waals surface area contributed by atoms with E-state index in [9.17, 15) is 0 Å². The third-order valence-corrected chi connectivity index (χ3v) is 5.39. The van der Waals surface area contributed by atoms with Crippen molar-refractivity contribution >= 4 is 12.2 Å². The summed E-state index contributed by atoms with van der Waals surface area (Å²) >= 11 is 0. The highest BCUT2D eigenvalue weighted by Gasteiger charge is 2.10. The number of hydrogen-bond donors (Lipinski definition) is 0. The van der Waals surface area contributed by atoms with Gasteiger partial charge in [0.2, 0.25) is 11.6 Å². The van der Waals surface area contributed by atoms with Crippen molar-refractivity contribution in [2.75, 3.05) is 0 Å². The van der Waals surface area contributed by atoms with E-state index in [4.69, 9.17) is 0 Å². The zero-order valence-corrected chi connectivity index (χ0v) is 18.5. The average molecular weight is 447 g/mol. The van der Waals surface area contributed by atoms with Crippen LogP contribution in [0.15, 0.2) is 86.0 Å². The molecule has 5 aromatic rings. The molecule has 0 N–H and O–H groups in total. The molecule has 0 fully saturated rings. The van der Waals surface area contributed by atoms with Crippen molar-refractivity contribution in [2.24, 2.45) is 0 Å². The van der Waals surface area contributed by atoms with E-state index in [-0.39, 0.29) is 0 Å². The Hall–Kier alpha value is -4.72. The van der Waals surface area contributed by atoms with Crippen LogP contribution in [-0.2, 0) is 13.1 Å². The summed E-state index contributed by atoms with van der Waals surface area (Å²) in [5, 5.41) is 25.8. The van der Waals surface area contributed by atoms with Crippen LogP contribution in [-0.4, -0.2) is 40.4 Å². The van der Waals surface area contributed by atoms with E-state index in [1.54, 1.807) is 9.59 Å². The van der Waals surface area contributed by atoms with Gasteiger partial charge in [-0.25, -0.2) is 0 Å². The first-order valence-corrected chi connectivity index (χ1v) is 10.8. The third-order valence-electron chi connectivity index (χ3n) is 5.39. The van der Waals surface area contributed by atoms with Crippen LogP contribution in [0.1, 0.15) is 22.3 Å². The first-order chi connectivity index (χ1) is 16.7. The molecule has 8 nitrogen and oxygen atoms in total. The van der Waals surface area contributed by atoms with Crippen molar-refractivity contribution in [3.8, 4) is 22.8 Å². The normalized spacial score (nSPS) is 10.8. The maximum absolute atomic E-state index is 4.50. The molecule has 2 aromatic heterocycles. The van der Waals surface area contributed by atoms with E-state index in [0.29, 0.717) is 24.7 Å². The van der Waals surface area contributed by atoms with Gasteiger partial charge in [0.1, 0.15) is 0 Å². The number of nitrogens with zero attached hydrogens (tertiary/aromatic N) is 8. The molecule has 2 heterocycles. The molecular weight excluding hydrogens is 424 g/mol. The molecule has 5 rings (SSSR count). The number of aromatic nitrogens is 8. The molecule has 0 aliphatic heterocycles. The Labute approximate surface area is 196 Å². The Morgan fingerprint density at radius 3 is 1.29 bits per heavy atom. The first kappa shape index (κ1) is 21.1. The topological polar surface area (TPSA) is 87.2 Å². The Morgan fingerprint density at radius 2 is 0.941 bits per heavy atom. The van der Waals surface area contributed by atoms with Crippen molar-refractivity contribution in [2.45, 2.75) is 13.1 Å². The zero-order valence-electron chi connectivity index (χ0n) is 18.5. The second kappa shape index (κ2) is 9.41. The van der Waals surface area contributed by atoms with Gasteiger partial charge in [-0.05, 0) is 32.7 Å². The molecule has 3 aromatic carbocycles. The lowest BCUT2D eigenvalue weighted by Crippen LogP contribution is -2.04. The van der Waals surface area contributed by atoms with Crippen LogP contribution in [0, 0.1) is 0 Å². The van der Waals surface area contributed by atoms with E-state index in [0.717, 1.165) is 33.4 Å². The molecule has 34 heavy (non-hydrogen) atoms. The third kappa shape index (κ3) is 4.71. The van der Waals surface area contributed by atoms with Gasteiger partial charge in [-0.3, -0.25) is 0 Å². The largest absolute Gasteiger partial charge is 0.204 e. The quantitative estimate of drug-likeness (QED) is 0.352. The number of benzene rings is 3. The van der Waals surface area contributed by atoms with Gasteiger partial charge in [0.15, 0.2) is 0 Å². The number of tetrazole rings is 2. The van der Waals surface area contributed by atoms with Crippen LogP contribution in [0.2, 0.25) is 0 Å². The fourth-order valence-electron chi connectivity index (χ4n) is 3.46. The van der Waals surface area contributed by atoms with Gasteiger partial charge in [0, 0.05) is 11.1 Å². The summed E-state index contributed by atoms with van der Waals surface area (Å²) in [6.45, 7) is 8.65. The van der Waals surface area contributed by atoms with Crippen LogP contribution in [0.3, 0.4) is 0 Å². The van der Waals surface area contributed by atoms with Gasteiger partial charge in [0.05, 0.1) is 13.1 Å². The number of hydrogen-bond acceptors (Lipinski definition) is 6. The van der Waals surface area contributed by atoms with Gasteiger partial charge in [-0.1, -0.05) is 98.1 Å². The smallest absolute Gasteiger partial charge is 0.159 e. The monoisotopic (exact) mass is 446 g/mol. The van der Waals surface area contributed by atoms with Crippen molar-refractivity contribution in [1.29, 1.82) is 0 Å². The Balaban J connectivity index is 1.26. The van der Waals surface area contributed by atoms with Gasteiger partial charge in [0.25, 0.3) is 0 Å². The first-order valence-electron chi connectivity index (χ1n) is 10.8. The average Bonchev–Trinajstić information content (AvgIpc) is 3.55. The van der Waals surface area contributed by atoms with Crippen LogP contribution in [0.25, 0.3) is 34.9 Å². The summed E-state index contributed by atoms with van der Waals surface area (Å²) in [7, 11) is 0. The summed E-state index contributed by atoms with van der Waals surface area (Å²) in [4.78, 5) is 3.17. The highest BCUT2D eigenvalue weighted by Crippen LogP contribution is 2.20. The van der Waals surface area contributed by atoms with E-state index in [1.807, 2.05) is 84.9 Å². The van der Waals surface area contributed by atoms with Crippen LogP contribution >= 0.6 is 0 Å². The van der Waals surface area contributed by atoms with Crippen molar-refractivity contribution < 1.29 is 0 Å². The molecule has 166 valence electrons. The Bertz CT molecular complexity index is 1300. The number of rotatable bonds is 8. The minimum Gasteiger partial charge on any atom is -0.159 e. The minimum absolute atomic E-state index is 0.547. The second-order valence-electron chi connectivity index (χ2n) is 7.76. The SMILES string of the molecule is C=Cc1ccc(Cn2nnc(-c3ccc(-c4nnn(Cc5ccc(C=C)cc5)n4)cc3)n2)cc1. The molecular formula is C26H22N8. The lowest BCUT2D eigenvalue weighted by Gasteiger charge is -2.01. The lowest BCUT2D eigenvalue weighted by atomic mass is 10.1. The molecule has 0 aliphatic rings. The van der Waals surface area contributed by atoms with Crippen molar-refractivity contribution in [1.82, 2.24) is 40.4 Å². The molecule has 0 unspecified atom stereocenters. The Morgan fingerprint density at radius 1 is 0.559 bits per heavy atom. The van der Waals surface area contributed by atoms with E-state index < -0.39 is 0 Å². The second-order valence-corrected chi connectivity index (χ2v) is 7.76. The fourth-order valence-corrected chi connectivity index (χ4v) is 3.46. The Kier molecular flexibility index (Phi) is 5.85. The highest BCUT2D eigenvalue weighted by molar-refractivity contribution is 5.62. The van der Waals surface area contributed by atoms with E-state index in [2.05, 4.69) is 44.0 Å². The van der Waals surface area contributed by atoms with Crippen molar-refractivity contribution in [3.05, 3.63) is 108 Å². The maximum atomic E-state index is 4.50. The van der Waals surface area contributed by atoms with Crippen LogP contribution in [0.4, 0.5) is 0 Å². The van der Waals surface area contributed by atoms with Gasteiger partial charge in [-0.15, -0.1) is 20.4 Å². The molecule has 0 radical (unpaired) electrons. The predicted octanol–water partition coefficient (Wildman–Crippen LogP) is 4.38. The van der Waals surface area contributed by atoms with Crippen LogP contribution in [0.5, 0.6) is 0 Å². The highest BCUT2D eigenvalue weighted by atomic mass is 15.6. The summed E-state index contributed by atoms with van der Waals surface area (Å²) in [5.41, 5.74) is 6.07. The van der Waals surface area contributed by atoms with Gasteiger partial charge >= 0.3 is 0 Å². The summed E-state index contributed by atoms with van der Waals surface area (Å²) in [6, 6.07) is 23.9. The summed E-state index contributed by atoms with van der Waals surface area (Å²) in [5.74, 6) is 1.13. The minimum atomic E-state index is 0.547. The van der Waals surface area contributed by atoms with Gasteiger partial charge < -0.3 is 0 Å². The molecule has 0 saturated carbocycles. The maximum Gasteiger partial charge on any atom is 0.204 e. The van der Waals surface area contributed by atoms with Gasteiger partial charge in [-0.2, -0.15) is 9.59 Å². The van der Waals surface area contributed by atoms with E-state index >= 15 is 0 Å². The molecule has 0 amide bonds. The molecule has 8 heteroatoms. The predicted molar refractivity (Wildman–Crippen MR) is 131 cm³/mol. The summed E-state index contributed by atoms with van der Waals surface area (Å²) < 4.78 is 0. The lowest BCUT2D eigenvalue weighted by molar-refractivity contribution is 0.572. The fraction of sp³-hybridized carbons (Fsp3) is 0.0769. The molecule has 0 aliphatic carbocycles. The van der Waals surface area contributed by atoms with Crippen molar-refractivity contribution in [3.63, 3.8) is 0 Å². The zero-order chi connectivity index (χ0) is 23.3. The van der Waals surface area contributed by atoms with Crippen LogP contribution < -0.4 is 0 Å². The standard InChI is InChI=1S/C26H22N8/c1-3-19-5-9-21(10-6-19)17-33-29-25(27-31-33)23-13-15-24(16-14-23)26-28-32-34(30-26)18-22-11-7-20(4-2)8-12-22/h3-16H,1-2,17-18H2. The summed E-state index contributed by atoms with van der Waals surface area (Å²) in [6.07, 6.45) is 3.63. The molecule has 0 saturated heterocycles. The van der Waals surface area contributed by atoms with E-state index in [1.165, 1.54) is 0 Å². The molecule has 0 bridgehead atoms. The molecule has 0 spiro atoms. The molecule has 0 atom stereocenters.